The summed E-state index contributed by atoms with van der Waals surface area (Å²) >= 11 is 0. The summed E-state index contributed by atoms with van der Waals surface area (Å²) in [6.07, 6.45) is 0. The molecule has 5 nitrogen and oxygen atoms in total. The highest BCUT2D eigenvalue weighted by molar-refractivity contribution is 14.0. The molecule has 1 N–H and O–H groups in total. The number of aliphatic imine (C=N–C) groups is 1. The lowest BCUT2D eigenvalue weighted by Crippen LogP contribution is -2.52. The Morgan fingerprint density at radius 1 is 1.21 bits per heavy atom. The number of halogens is 1. The standard InChI is InChI=1S/C21H36N4OS.HI/c1-6-22-20(23-10-15-27(26)21(3,4)5)25-13-11-24(12-14-25)17-19-9-7-8-18(2)16-19;/h7-9,16H,6,10-15,17H2,1-5H3,(H,22,23);1H. The van der Waals surface area contributed by atoms with E-state index < -0.39 is 10.8 Å². The molecular formula is C21H37IN4OS. The van der Waals surface area contributed by atoms with Crippen molar-refractivity contribution in [3.8, 4) is 0 Å². The van der Waals surface area contributed by atoms with Crippen LogP contribution in [0.4, 0.5) is 0 Å². The summed E-state index contributed by atoms with van der Waals surface area (Å²) in [5.41, 5.74) is 2.70. The second-order valence-electron chi connectivity index (χ2n) is 8.15. The Kier molecular flexibility index (Phi) is 11.0. The zero-order valence-electron chi connectivity index (χ0n) is 18.0. The third-order valence-electron chi connectivity index (χ3n) is 4.72. The second-order valence-corrected chi connectivity index (χ2v) is 10.5. The Bertz CT molecular complexity index is 652. The van der Waals surface area contributed by atoms with Crippen molar-refractivity contribution >= 4 is 40.7 Å². The SMILES string of the molecule is CCNC(=NCCS(=O)C(C)(C)C)N1CCN(Cc2cccc(C)c2)CC1.I. The van der Waals surface area contributed by atoms with E-state index in [0.717, 1.165) is 45.2 Å². The highest BCUT2D eigenvalue weighted by Crippen LogP contribution is 2.12. The fraction of sp³-hybridized carbons (Fsp3) is 0.667. The molecule has 1 saturated heterocycles. The van der Waals surface area contributed by atoms with Crippen LogP contribution in [0.5, 0.6) is 0 Å². The monoisotopic (exact) mass is 520 g/mol. The summed E-state index contributed by atoms with van der Waals surface area (Å²) in [5.74, 6) is 1.57. The van der Waals surface area contributed by atoms with Crippen molar-refractivity contribution in [1.29, 1.82) is 0 Å². The molecule has 1 aliphatic rings. The minimum atomic E-state index is -0.855. The Balaban J connectivity index is 0.00000392. The van der Waals surface area contributed by atoms with Crippen molar-refractivity contribution in [2.75, 3.05) is 45.0 Å². The maximum atomic E-state index is 12.2. The van der Waals surface area contributed by atoms with Crippen LogP contribution in [0, 0.1) is 6.92 Å². The maximum absolute atomic E-state index is 12.2. The van der Waals surface area contributed by atoms with Crippen LogP contribution >= 0.6 is 24.0 Å². The van der Waals surface area contributed by atoms with Gasteiger partial charge in [-0.15, -0.1) is 24.0 Å². The van der Waals surface area contributed by atoms with Crippen molar-refractivity contribution in [2.24, 2.45) is 4.99 Å². The van der Waals surface area contributed by atoms with Gasteiger partial charge < -0.3 is 10.2 Å². The number of nitrogens with zero attached hydrogens (tertiary/aromatic N) is 3. The third-order valence-corrected chi connectivity index (χ3v) is 6.64. The molecule has 1 unspecified atom stereocenters. The van der Waals surface area contributed by atoms with Gasteiger partial charge in [0.05, 0.1) is 6.54 Å². The first-order valence-electron chi connectivity index (χ1n) is 9.99. The average Bonchev–Trinajstić information content (AvgIpc) is 2.61. The smallest absolute Gasteiger partial charge is 0.194 e. The first-order valence-corrected chi connectivity index (χ1v) is 11.3. The molecule has 1 fully saturated rings. The molecule has 0 radical (unpaired) electrons. The van der Waals surface area contributed by atoms with Gasteiger partial charge in [0.1, 0.15) is 0 Å². The van der Waals surface area contributed by atoms with Gasteiger partial charge in [0.15, 0.2) is 5.96 Å². The van der Waals surface area contributed by atoms with E-state index >= 15 is 0 Å². The number of piperazine rings is 1. The lowest BCUT2D eigenvalue weighted by Gasteiger charge is -2.36. The summed E-state index contributed by atoms with van der Waals surface area (Å²) in [5, 5.41) is 3.40. The number of benzene rings is 1. The van der Waals surface area contributed by atoms with E-state index in [4.69, 9.17) is 4.99 Å². The molecule has 160 valence electrons. The maximum Gasteiger partial charge on any atom is 0.194 e. The molecule has 0 bridgehead atoms. The van der Waals surface area contributed by atoms with E-state index in [0.29, 0.717) is 12.3 Å². The largest absolute Gasteiger partial charge is 0.357 e. The van der Waals surface area contributed by atoms with Gasteiger partial charge in [-0.3, -0.25) is 14.1 Å². The lowest BCUT2D eigenvalue weighted by molar-refractivity contribution is 0.172. The van der Waals surface area contributed by atoms with E-state index in [1.165, 1.54) is 11.1 Å². The Morgan fingerprint density at radius 2 is 1.89 bits per heavy atom. The third kappa shape index (κ3) is 8.37. The molecule has 1 aromatic carbocycles. The van der Waals surface area contributed by atoms with Crippen LogP contribution in [0.3, 0.4) is 0 Å². The van der Waals surface area contributed by atoms with Crippen LogP contribution in [-0.2, 0) is 17.3 Å². The average molecular weight is 521 g/mol. The number of hydrogen-bond acceptors (Lipinski definition) is 3. The molecule has 0 aromatic heterocycles. The Labute approximate surface area is 190 Å². The van der Waals surface area contributed by atoms with Gasteiger partial charge in [-0.05, 0) is 40.2 Å². The van der Waals surface area contributed by atoms with Crippen LogP contribution in [0.1, 0.15) is 38.8 Å². The van der Waals surface area contributed by atoms with Crippen molar-refractivity contribution in [1.82, 2.24) is 15.1 Å². The molecule has 28 heavy (non-hydrogen) atoms. The highest BCUT2D eigenvalue weighted by Gasteiger charge is 2.21. The van der Waals surface area contributed by atoms with Crippen LogP contribution in [0.15, 0.2) is 29.3 Å². The predicted molar refractivity (Wildman–Crippen MR) is 132 cm³/mol. The summed E-state index contributed by atoms with van der Waals surface area (Å²) < 4.78 is 12.1. The van der Waals surface area contributed by atoms with Crippen LogP contribution in [0.2, 0.25) is 0 Å². The normalized spacial score (nSPS) is 17.2. The van der Waals surface area contributed by atoms with Crippen molar-refractivity contribution in [3.05, 3.63) is 35.4 Å². The van der Waals surface area contributed by atoms with Crippen LogP contribution in [-0.4, -0.2) is 69.7 Å². The van der Waals surface area contributed by atoms with E-state index in [1.807, 2.05) is 20.8 Å². The highest BCUT2D eigenvalue weighted by atomic mass is 127. The molecule has 0 aliphatic carbocycles. The number of hydrogen-bond donors (Lipinski definition) is 1. The second kappa shape index (κ2) is 12.1. The molecule has 1 aromatic rings. The number of guanidine groups is 1. The van der Waals surface area contributed by atoms with E-state index in [-0.39, 0.29) is 28.7 Å². The Hall–Kier alpha value is -0.670. The first kappa shape index (κ1) is 25.4. The van der Waals surface area contributed by atoms with Gasteiger partial charge in [-0.1, -0.05) is 29.8 Å². The summed E-state index contributed by atoms with van der Waals surface area (Å²) in [4.78, 5) is 9.56. The minimum Gasteiger partial charge on any atom is -0.357 e. The van der Waals surface area contributed by atoms with Crippen LogP contribution < -0.4 is 5.32 Å². The molecule has 0 saturated carbocycles. The quantitative estimate of drug-likeness (QED) is 0.356. The van der Waals surface area contributed by atoms with Gasteiger partial charge in [0.2, 0.25) is 0 Å². The molecule has 0 spiro atoms. The number of rotatable bonds is 6. The predicted octanol–water partition coefficient (Wildman–Crippen LogP) is 3.24. The zero-order valence-corrected chi connectivity index (χ0v) is 21.2. The molecular weight excluding hydrogens is 483 g/mol. The van der Waals surface area contributed by atoms with E-state index in [9.17, 15) is 4.21 Å². The molecule has 7 heteroatoms. The topological polar surface area (TPSA) is 47.9 Å². The number of aryl methyl sites for hydroxylation is 1. The minimum absolute atomic E-state index is 0. The zero-order chi connectivity index (χ0) is 19.9. The molecule has 1 heterocycles. The number of nitrogens with one attached hydrogen (secondary N) is 1. The fourth-order valence-electron chi connectivity index (χ4n) is 3.15. The van der Waals surface area contributed by atoms with Gasteiger partial charge in [-0.2, -0.15) is 0 Å². The fourth-order valence-corrected chi connectivity index (χ4v) is 4.02. The molecule has 1 atom stereocenters. The van der Waals surface area contributed by atoms with E-state index in [1.54, 1.807) is 0 Å². The van der Waals surface area contributed by atoms with Gasteiger partial charge in [-0.25, -0.2) is 0 Å². The van der Waals surface area contributed by atoms with Crippen molar-refractivity contribution < 1.29 is 4.21 Å². The van der Waals surface area contributed by atoms with Gasteiger partial charge in [0, 0.05) is 60.6 Å². The lowest BCUT2D eigenvalue weighted by atomic mass is 10.1. The van der Waals surface area contributed by atoms with Crippen LogP contribution in [0.25, 0.3) is 0 Å². The molecule has 2 rings (SSSR count). The Morgan fingerprint density at radius 3 is 2.46 bits per heavy atom. The van der Waals surface area contributed by atoms with Gasteiger partial charge >= 0.3 is 0 Å². The van der Waals surface area contributed by atoms with E-state index in [2.05, 4.69) is 53.2 Å². The van der Waals surface area contributed by atoms with Crippen molar-refractivity contribution in [2.45, 2.75) is 45.9 Å². The van der Waals surface area contributed by atoms with Crippen molar-refractivity contribution in [3.63, 3.8) is 0 Å². The molecule has 0 amide bonds. The van der Waals surface area contributed by atoms with Gasteiger partial charge in [0.25, 0.3) is 0 Å². The molecule has 1 aliphatic heterocycles. The first-order chi connectivity index (χ1) is 12.8. The summed E-state index contributed by atoms with van der Waals surface area (Å²) in [7, 11) is -0.855. The summed E-state index contributed by atoms with van der Waals surface area (Å²) in [6.45, 7) is 16.8. The summed E-state index contributed by atoms with van der Waals surface area (Å²) in [6, 6.07) is 8.76.